The van der Waals surface area contributed by atoms with Crippen molar-refractivity contribution >= 4 is 5.91 Å². The minimum absolute atomic E-state index is 0.0284. The minimum atomic E-state index is 0.0284. The van der Waals surface area contributed by atoms with Crippen LogP contribution in [0.3, 0.4) is 0 Å². The monoisotopic (exact) mass is 256 g/mol. The number of carbonyl (C=O) groups excluding carboxylic acids is 1. The van der Waals surface area contributed by atoms with Gasteiger partial charge in [0.15, 0.2) is 0 Å². The normalized spacial score (nSPS) is 27.7. The minimum Gasteiger partial charge on any atom is -0.381 e. The van der Waals surface area contributed by atoms with Crippen molar-refractivity contribution in [2.75, 3.05) is 32.9 Å². The summed E-state index contributed by atoms with van der Waals surface area (Å²) < 4.78 is 10.9. The van der Waals surface area contributed by atoms with Gasteiger partial charge in [-0.15, -0.1) is 0 Å². The van der Waals surface area contributed by atoms with E-state index in [1.54, 1.807) is 0 Å². The lowest BCUT2D eigenvalue weighted by Gasteiger charge is -2.29. The average molecular weight is 256 g/mol. The first-order valence-corrected chi connectivity index (χ1v) is 6.95. The molecule has 18 heavy (non-hydrogen) atoms. The van der Waals surface area contributed by atoms with Gasteiger partial charge in [-0.1, -0.05) is 0 Å². The molecular formula is C13H24N2O3. The van der Waals surface area contributed by atoms with E-state index >= 15 is 0 Å². The van der Waals surface area contributed by atoms with Crippen LogP contribution < -0.4 is 10.6 Å². The molecule has 2 saturated heterocycles. The van der Waals surface area contributed by atoms with Gasteiger partial charge in [-0.2, -0.15) is 0 Å². The zero-order chi connectivity index (χ0) is 12.8. The summed E-state index contributed by atoms with van der Waals surface area (Å²) in [7, 11) is 0. The van der Waals surface area contributed by atoms with Crippen molar-refractivity contribution in [1.29, 1.82) is 0 Å². The maximum atomic E-state index is 11.9. The highest BCUT2D eigenvalue weighted by molar-refractivity contribution is 5.76. The van der Waals surface area contributed by atoms with Crippen molar-refractivity contribution < 1.29 is 14.3 Å². The Hall–Kier alpha value is -0.650. The number of hydrogen-bond donors (Lipinski definition) is 2. The molecule has 0 aromatic rings. The molecule has 2 heterocycles. The van der Waals surface area contributed by atoms with Crippen molar-refractivity contribution in [3.05, 3.63) is 0 Å². The maximum Gasteiger partial charge on any atom is 0.222 e. The first-order chi connectivity index (χ1) is 8.75. The smallest absolute Gasteiger partial charge is 0.222 e. The molecule has 5 heteroatoms. The Morgan fingerprint density at radius 3 is 2.83 bits per heavy atom. The SMILES string of the molecule is CC(NC(=O)CC1CNCCO1)C1CCOCC1. The van der Waals surface area contributed by atoms with E-state index in [2.05, 4.69) is 17.6 Å². The summed E-state index contributed by atoms with van der Waals surface area (Å²) in [6, 6.07) is 0.234. The van der Waals surface area contributed by atoms with Gasteiger partial charge in [0, 0.05) is 32.3 Å². The van der Waals surface area contributed by atoms with Crippen molar-refractivity contribution in [3.63, 3.8) is 0 Å². The van der Waals surface area contributed by atoms with Crippen LogP contribution in [0.15, 0.2) is 0 Å². The molecule has 2 atom stereocenters. The molecule has 2 aliphatic rings. The topological polar surface area (TPSA) is 59.6 Å². The predicted molar refractivity (Wildman–Crippen MR) is 68.4 cm³/mol. The Labute approximate surface area is 109 Å². The van der Waals surface area contributed by atoms with Gasteiger partial charge in [0.1, 0.15) is 0 Å². The third-order valence-electron chi connectivity index (χ3n) is 3.78. The second-order valence-electron chi connectivity index (χ2n) is 5.21. The van der Waals surface area contributed by atoms with E-state index in [1.807, 2.05) is 0 Å². The second-order valence-corrected chi connectivity index (χ2v) is 5.21. The van der Waals surface area contributed by atoms with Crippen molar-refractivity contribution in [2.45, 2.75) is 38.3 Å². The van der Waals surface area contributed by atoms with Crippen LogP contribution in [0.5, 0.6) is 0 Å². The van der Waals surface area contributed by atoms with Gasteiger partial charge >= 0.3 is 0 Å². The third kappa shape index (κ3) is 4.23. The Bertz CT molecular complexity index is 261. The van der Waals surface area contributed by atoms with Gasteiger partial charge in [0.05, 0.1) is 19.1 Å². The van der Waals surface area contributed by atoms with Crippen LogP contribution >= 0.6 is 0 Å². The summed E-state index contributed by atoms with van der Waals surface area (Å²) in [5.74, 6) is 0.649. The molecule has 0 aromatic heterocycles. The van der Waals surface area contributed by atoms with Gasteiger partial charge in [-0.3, -0.25) is 4.79 Å². The number of rotatable bonds is 4. The highest BCUT2D eigenvalue weighted by Gasteiger charge is 2.23. The number of ether oxygens (including phenoxy) is 2. The molecule has 0 aromatic carbocycles. The molecule has 2 fully saturated rings. The summed E-state index contributed by atoms with van der Waals surface area (Å²) in [4.78, 5) is 11.9. The lowest BCUT2D eigenvalue weighted by atomic mass is 9.93. The zero-order valence-electron chi connectivity index (χ0n) is 11.1. The van der Waals surface area contributed by atoms with Gasteiger partial charge in [0.2, 0.25) is 5.91 Å². The molecule has 0 radical (unpaired) electrons. The Balaban J connectivity index is 1.68. The molecule has 5 nitrogen and oxygen atoms in total. The van der Waals surface area contributed by atoms with E-state index < -0.39 is 0 Å². The highest BCUT2D eigenvalue weighted by Crippen LogP contribution is 2.18. The zero-order valence-corrected chi connectivity index (χ0v) is 11.1. The summed E-state index contributed by atoms with van der Waals surface area (Å²) in [5, 5.41) is 6.33. The molecule has 2 aliphatic heterocycles. The predicted octanol–water partition coefficient (Wildman–Crippen LogP) is 0.296. The maximum absolute atomic E-state index is 11.9. The van der Waals surface area contributed by atoms with E-state index in [1.165, 1.54) is 0 Å². The van der Waals surface area contributed by atoms with Crippen LogP contribution in [0.25, 0.3) is 0 Å². The number of amides is 1. The summed E-state index contributed by atoms with van der Waals surface area (Å²) in [6.45, 7) is 6.10. The number of nitrogens with one attached hydrogen (secondary N) is 2. The molecule has 0 bridgehead atoms. The van der Waals surface area contributed by atoms with E-state index in [9.17, 15) is 4.79 Å². The van der Waals surface area contributed by atoms with Crippen LogP contribution in [0.4, 0.5) is 0 Å². The molecule has 2 N–H and O–H groups in total. The molecule has 0 saturated carbocycles. The summed E-state index contributed by atoms with van der Waals surface area (Å²) in [5.41, 5.74) is 0. The fourth-order valence-corrected chi connectivity index (χ4v) is 2.60. The van der Waals surface area contributed by atoms with Gasteiger partial charge in [-0.05, 0) is 25.7 Å². The van der Waals surface area contributed by atoms with Crippen LogP contribution in [-0.4, -0.2) is 51.0 Å². The van der Waals surface area contributed by atoms with Crippen LogP contribution in [0.2, 0.25) is 0 Å². The van der Waals surface area contributed by atoms with E-state index in [0.29, 0.717) is 18.9 Å². The number of morpholine rings is 1. The fraction of sp³-hybridized carbons (Fsp3) is 0.923. The molecule has 1 amide bonds. The van der Waals surface area contributed by atoms with Crippen LogP contribution in [-0.2, 0) is 14.3 Å². The van der Waals surface area contributed by atoms with Gasteiger partial charge < -0.3 is 20.1 Å². The van der Waals surface area contributed by atoms with Gasteiger partial charge in [-0.25, -0.2) is 0 Å². The Kier molecular flexibility index (Phi) is 5.41. The number of carbonyl (C=O) groups is 1. The number of hydrogen-bond acceptors (Lipinski definition) is 4. The second kappa shape index (κ2) is 7.07. The molecule has 2 unspecified atom stereocenters. The van der Waals surface area contributed by atoms with Crippen LogP contribution in [0, 0.1) is 5.92 Å². The molecule has 2 rings (SSSR count). The Morgan fingerprint density at radius 1 is 1.39 bits per heavy atom. The molecule has 104 valence electrons. The molecule has 0 aliphatic carbocycles. The fourth-order valence-electron chi connectivity index (χ4n) is 2.60. The van der Waals surface area contributed by atoms with Crippen molar-refractivity contribution in [3.8, 4) is 0 Å². The van der Waals surface area contributed by atoms with E-state index in [0.717, 1.165) is 39.1 Å². The summed E-state index contributed by atoms with van der Waals surface area (Å²) >= 11 is 0. The quantitative estimate of drug-likeness (QED) is 0.759. The summed E-state index contributed by atoms with van der Waals surface area (Å²) in [6.07, 6.45) is 2.58. The van der Waals surface area contributed by atoms with Crippen molar-refractivity contribution in [2.24, 2.45) is 5.92 Å². The lowest BCUT2D eigenvalue weighted by Crippen LogP contribution is -2.45. The van der Waals surface area contributed by atoms with Crippen molar-refractivity contribution in [1.82, 2.24) is 10.6 Å². The van der Waals surface area contributed by atoms with Crippen LogP contribution in [0.1, 0.15) is 26.2 Å². The molecule has 0 spiro atoms. The highest BCUT2D eigenvalue weighted by atomic mass is 16.5. The first kappa shape index (κ1) is 13.8. The third-order valence-corrected chi connectivity index (χ3v) is 3.78. The van der Waals surface area contributed by atoms with Gasteiger partial charge in [0.25, 0.3) is 0 Å². The average Bonchev–Trinajstić information content (AvgIpc) is 2.40. The standard InChI is InChI=1S/C13H24N2O3/c1-10(11-2-5-17-6-3-11)15-13(16)8-12-9-14-4-7-18-12/h10-12,14H,2-9H2,1H3,(H,15,16). The van der Waals surface area contributed by atoms with E-state index in [-0.39, 0.29) is 18.1 Å². The first-order valence-electron chi connectivity index (χ1n) is 6.95. The van der Waals surface area contributed by atoms with E-state index in [4.69, 9.17) is 9.47 Å². The molecular weight excluding hydrogens is 232 g/mol. The lowest BCUT2D eigenvalue weighted by molar-refractivity contribution is -0.125. The Morgan fingerprint density at radius 2 is 2.17 bits per heavy atom. The largest absolute Gasteiger partial charge is 0.381 e.